The first kappa shape index (κ1) is 16.3. The summed E-state index contributed by atoms with van der Waals surface area (Å²) in [6.45, 7) is 0. The van der Waals surface area contributed by atoms with Crippen LogP contribution in [0.1, 0.15) is 0 Å². The molecule has 2 aromatic heterocycles. The number of phenolic OH excluding ortho intramolecular Hbond substituents is 1. The molecular formula is C24H17N3O. The number of hydrogen-bond donors (Lipinski definition) is 2. The molecule has 0 radical (unpaired) electrons. The Morgan fingerprint density at radius 1 is 0.607 bits per heavy atom. The number of nitrogens with one attached hydrogen (secondary N) is 1. The van der Waals surface area contributed by atoms with Crippen molar-refractivity contribution in [3.8, 4) is 39.7 Å². The molecule has 3 aromatic carbocycles. The first-order chi connectivity index (χ1) is 13.8. The molecule has 2 N–H and O–H groups in total. The molecule has 5 rings (SSSR count). The number of nitrogens with zero attached hydrogens (tertiary/aromatic N) is 2. The molecular weight excluding hydrogens is 346 g/mol. The van der Waals surface area contributed by atoms with Crippen LogP contribution in [-0.2, 0) is 0 Å². The highest BCUT2D eigenvalue weighted by Gasteiger charge is 2.12. The number of para-hydroxylation sites is 2. The van der Waals surface area contributed by atoms with Crippen LogP contribution in [0.4, 0.5) is 0 Å². The molecule has 4 nitrogen and oxygen atoms in total. The lowest BCUT2D eigenvalue weighted by atomic mass is 10.1. The lowest BCUT2D eigenvalue weighted by molar-refractivity contribution is 0.477. The topological polar surface area (TPSA) is 61.8 Å². The number of aromatic hydroxyl groups is 1. The lowest BCUT2D eigenvalue weighted by Crippen LogP contribution is -1.89. The van der Waals surface area contributed by atoms with Crippen LogP contribution in [0.3, 0.4) is 0 Å². The average molecular weight is 363 g/mol. The van der Waals surface area contributed by atoms with Crippen molar-refractivity contribution < 1.29 is 5.11 Å². The van der Waals surface area contributed by atoms with Crippen molar-refractivity contribution in [1.82, 2.24) is 15.0 Å². The van der Waals surface area contributed by atoms with Crippen LogP contribution < -0.4 is 0 Å². The van der Waals surface area contributed by atoms with Crippen LogP contribution in [0, 0.1) is 0 Å². The molecule has 0 saturated carbocycles. The number of hydrogen-bond acceptors (Lipinski definition) is 3. The highest BCUT2D eigenvalue weighted by molar-refractivity contribution is 5.93. The average Bonchev–Trinajstić information content (AvgIpc) is 3.19. The van der Waals surface area contributed by atoms with Crippen molar-refractivity contribution >= 4 is 11.0 Å². The van der Waals surface area contributed by atoms with Gasteiger partial charge in [0.05, 0.1) is 22.4 Å². The van der Waals surface area contributed by atoms with Gasteiger partial charge >= 0.3 is 0 Å². The van der Waals surface area contributed by atoms with Gasteiger partial charge in [-0.15, -0.1) is 0 Å². The van der Waals surface area contributed by atoms with E-state index in [9.17, 15) is 5.11 Å². The van der Waals surface area contributed by atoms with Crippen molar-refractivity contribution in [3.05, 3.63) is 91.0 Å². The Kier molecular flexibility index (Phi) is 3.87. The van der Waals surface area contributed by atoms with E-state index in [0.717, 1.165) is 39.4 Å². The van der Waals surface area contributed by atoms with Crippen LogP contribution in [0.15, 0.2) is 91.0 Å². The van der Waals surface area contributed by atoms with Gasteiger partial charge in [-0.1, -0.05) is 60.7 Å². The Balaban J connectivity index is 1.65. The van der Waals surface area contributed by atoms with Crippen molar-refractivity contribution in [3.63, 3.8) is 0 Å². The summed E-state index contributed by atoms with van der Waals surface area (Å²) in [6.07, 6.45) is 0. The molecule has 0 atom stereocenters. The van der Waals surface area contributed by atoms with Crippen LogP contribution in [0.5, 0.6) is 5.75 Å². The minimum atomic E-state index is 0.219. The second kappa shape index (κ2) is 6.67. The molecule has 0 amide bonds. The summed E-state index contributed by atoms with van der Waals surface area (Å²) < 4.78 is 0. The van der Waals surface area contributed by atoms with E-state index in [-0.39, 0.29) is 5.75 Å². The zero-order valence-corrected chi connectivity index (χ0v) is 15.0. The molecule has 28 heavy (non-hydrogen) atoms. The molecule has 0 fully saturated rings. The maximum absolute atomic E-state index is 10.2. The standard InChI is InChI=1S/C24H17N3O/c28-22-15-5-4-10-17(22)19-12-7-13-20(25-19)18-11-6-14-21-23(18)27-24(26-21)16-8-2-1-3-9-16/h1-15,28H,(H,26,27). The van der Waals surface area contributed by atoms with Gasteiger partial charge in [-0.05, 0) is 30.3 Å². The molecule has 0 aliphatic heterocycles. The van der Waals surface area contributed by atoms with E-state index in [2.05, 4.69) is 4.98 Å². The van der Waals surface area contributed by atoms with Gasteiger partial charge in [-0.25, -0.2) is 9.97 Å². The molecule has 0 aliphatic carbocycles. The van der Waals surface area contributed by atoms with Gasteiger partial charge in [0.2, 0.25) is 0 Å². The molecule has 0 bridgehead atoms. The smallest absolute Gasteiger partial charge is 0.138 e. The van der Waals surface area contributed by atoms with Crippen molar-refractivity contribution in [1.29, 1.82) is 0 Å². The van der Waals surface area contributed by atoms with E-state index >= 15 is 0 Å². The third-order valence-electron chi connectivity index (χ3n) is 4.76. The molecule has 4 heteroatoms. The summed E-state index contributed by atoms with van der Waals surface area (Å²) >= 11 is 0. The third-order valence-corrected chi connectivity index (χ3v) is 4.76. The van der Waals surface area contributed by atoms with E-state index < -0.39 is 0 Å². The number of H-pyrrole nitrogens is 1. The minimum absolute atomic E-state index is 0.219. The van der Waals surface area contributed by atoms with E-state index in [4.69, 9.17) is 9.97 Å². The Morgan fingerprint density at radius 2 is 1.29 bits per heavy atom. The zero-order chi connectivity index (χ0) is 18.9. The number of aromatic amines is 1. The van der Waals surface area contributed by atoms with Gasteiger partial charge in [0.1, 0.15) is 11.6 Å². The normalized spacial score (nSPS) is 11.0. The number of phenols is 1. The Morgan fingerprint density at radius 3 is 2.11 bits per heavy atom. The second-order valence-corrected chi connectivity index (χ2v) is 6.58. The molecule has 0 aliphatic rings. The quantitative estimate of drug-likeness (QED) is 0.434. The number of rotatable bonds is 3. The number of benzene rings is 3. The fraction of sp³-hybridized carbons (Fsp3) is 0. The Hall–Kier alpha value is -3.92. The number of aromatic nitrogens is 3. The van der Waals surface area contributed by atoms with E-state index in [1.165, 1.54) is 0 Å². The van der Waals surface area contributed by atoms with E-state index in [0.29, 0.717) is 5.56 Å². The van der Waals surface area contributed by atoms with Crippen LogP contribution in [0.2, 0.25) is 0 Å². The first-order valence-corrected chi connectivity index (χ1v) is 9.09. The van der Waals surface area contributed by atoms with Crippen molar-refractivity contribution in [2.45, 2.75) is 0 Å². The SMILES string of the molecule is Oc1ccccc1-c1cccc(-c2cccc3[nH]c(-c4ccccc4)nc23)n1. The van der Waals surface area contributed by atoms with Gasteiger partial charge in [0.15, 0.2) is 0 Å². The largest absolute Gasteiger partial charge is 0.507 e. The Bertz CT molecular complexity index is 1280. The van der Waals surface area contributed by atoms with Crippen molar-refractivity contribution in [2.24, 2.45) is 0 Å². The summed E-state index contributed by atoms with van der Waals surface area (Å²) in [5, 5.41) is 10.2. The zero-order valence-electron chi connectivity index (χ0n) is 15.0. The summed E-state index contributed by atoms with van der Waals surface area (Å²) in [6, 6.07) is 29.2. The van der Waals surface area contributed by atoms with E-state index in [1.807, 2.05) is 78.9 Å². The summed E-state index contributed by atoms with van der Waals surface area (Å²) in [5.74, 6) is 1.05. The second-order valence-electron chi connectivity index (χ2n) is 6.58. The fourth-order valence-corrected chi connectivity index (χ4v) is 3.40. The maximum atomic E-state index is 10.2. The number of fused-ring (bicyclic) bond motifs is 1. The predicted octanol–water partition coefficient (Wildman–Crippen LogP) is 5.66. The predicted molar refractivity (Wildman–Crippen MR) is 112 cm³/mol. The van der Waals surface area contributed by atoms with Gasteiger partial charge < -0.3 is 10.1 Å². The van der Waals surface area contributed by atoms with Gasteiger partial charge in [0, 0.05) is 16.7 Å². The lowest BCUT2D eigenvalue weighted by Gasteiger charge is -2.07. The highest BCUT2D eigenvalue weighted by Crippen LogP contribution is 2.32. The van der Waals surface area contributed by atoms with Gasteiger partial charge in [-0.3, -0.25) is 0 Å². The maximum Gasteiger partial charge on any atom is 0.138 e. The summed E-state index contributed by atoms with van der Waals surface area (Å²) in [7, 11) is 0. The minimum Gasteiger partial charge on any atom is -0.507 e. The first-order valence-electron chi connectivity index (χ1n) is 9.09. The monoisotopic (exact) mass is 363 g/mol. The van der Waals surface area contributed by atoms with Crippen LogP contribution >= 0.6 is 0 Å². The molecule has 0 unspecified atom stereocenters. The number of imidazole rings is 1. The van der Waals surface area contributed by atoms with Crippen LogP contribution in [-0.4, -0.2) is 20.1 Å². The summed E-state index contributed by atoms with van der Waals surface area (Å²) in [5.41, 5.74) is 6.09. The third kappa shape index (κ3) is 2.81. The molecule has 2 heterocycles. The Labute approximate surface area is 162 Å². The number of pyridine rings is 1. The van der Waals surface area contributed by atoms with Crippen LogP contribution in [0.25, 0.3) is 44.9 Å². The highest BCUT2D eigenvalue weighted by atomic mass is 16.3. The van der Waals surface area contributed by atoms with Crippen molar-refractivity contribution in [2.75, 3.05) is 0 Å². The molecule has 134 valence electrons. The summed E-state index contributed by atoms with van der Waals surface area (Å²) in [4.78, 5) is 13.0. The molecule has 0 saturated heterocycles. The van der Waals surface area contributed by atoms with E-state index in [1.54, 1.807) is 12.1 Å². The fourth-order valence-electron chi connectivity index (χ4n) is 3.40. The molecule has 5 aromatic rings. The molecule has 0 spiro atoms. The van der Waals surface area contributed by atoms with Gasteiger partial charge in [0.25, 0.3) is 0 Å². The van der Waals surface area contributed by atoms with Gasteiger partial charge in [-0.2, -0.15) is 0 Å².